The number of hydrogen-bond donors (Lipinski definition) is 0. The van der Waals surface area contributed by atoms with Crippen LogP contribution in [0, 0.1) is 19.7 Å². The second-order valence-corrected chi connectivity index (χ2v) is 6.91. The zero-order valence-corrected chi connectivity index (χ0v) is 15.4. The molecule has 0 aliphatic rings. The summed E-state index contributed by atoms with van der Waals surface area (Å²) in [5, 5.41) is 16.5. The summed E-state index contributed by atoms with van der Waals surface area (Å²) < 4.78 is 20.0. The molecule has 0 unspecified atom stereocenters. The Morgan fingerprint density at radius 3 is 2.70 bits per heavy atom. The second-order valence-electron chi connectivity index (χ2n) is 5.97. The maximum atomic E-state index is 13.0. The summed E-state index contributed by atoms with van der Waals surface area (Å²) in [6.07, 6.45) is 0. The van der Waals surface area contributed by atoms with E-state index in [0.29, 0.717) is 28.2 Å². The number of benzene rings is 2. The fraction of sp³-hybridized carbons (Fsp3) is 0.167. The number of thioether (sulfide) groups is 1. The van der Waals surface area contributed by atoms with Crippen molar-refractivity contribution in [3.63, 3.8) is 0 Å². The summed E-state index contributed by atoms with van der Waals surface area (Å²) in [5.74, 6) is 0.963. The molecule has 2 aromatic carbocycles. The van der Waals surface area contributed by atoms with Gasteiger partial charge in [0.15, 0.2) is 0 Å². The van der Waals surface area contributed by atoms with Crippen molar-refractivity contribution in [2.75, 3.05) is 0 Å². The smallest absolute Gasteiger partial charge is 0.237 e. The molecule has 4 rings (SSSR count). The maximum absolute atomic E-state index is 13.0. The summed E-state index contributed by atoms with van der Waals surface area (Å²) in [5.41, 5.74) is 3.88. The molecule has 7 nitrogen and oxygen atoms in total. The zero-order chi connectivity index (χ0) is 18.8. The highest BCUT2D eigenvalue weighted by molar-refractivity contribution is 7.98. The third kappa shape index (κ3) is 3.72. The minimum Gasteiger partial charge on any atom is -0.338 e. The molecule has 0 atom stereocenters. The van der Waals surface area contributed by atoms with Crippen molar-refractivity contribution in [1.82, 2.24) is 30.3 Å². The number of rotatable bonds is 5. The fourth-order valence-electron chi connectivity index (χ4n) is 2.62. The van der Waals surface area contributed by atoms with Gasteiger partial charge in [0.25, 0.3) is 0 Å². The molecular weight excluding hydrogens is 367 g/mol. The van der Waals surface area contributed by atoms with Crippen molar-refractivity contribution in [2.24, 2.45) is 0 Å². The molecule has 0 saturated heterocycles. The Kier molecular flexibility index (Phi) is 4.68. The highest BCUT2D eigenvalue weighted by atomic mass is 32.2. The van der Waals surface area contributed by atoms with Crippen LogP contribution in [0.15, 0.2) is 52.1 Å². The van der Waals surface area contributed by atoms with Crippen LogP contribution in [0.25, 0.3) is 17.1 Å². The van der Waals surface area contributed by atoms with E-state index in [9.17, 15) is 4.39 Å². The molecule has 27 heavy (non-hydrogen) atoms. The van der Waals surface area contributed by atoms with Crippen LogP contribution >= 0.6 is 11.8 Å². The van der Waals surface area contributed by atoms with Crippen LogP contribution in [-0.4, -0.2) is 30.3 Å². The van der Waals surface area contributed by atoms with E-state index in [1.807, 2.05) is 26.0 Å². The lowest BCUT2D eigenvalue weighted by Crippen LogP contribution is -2.02. The predicted octanol–water partition coefficient (Wildman–Crippen LogP) is 3.76. The monoisotopic (exact) mass is 382 g/mol. The van der Waals surface area contributed by atoms with Crippen LogP contribution < -0.4 is 0 Å². The Balaban J connectivity index is 1.50. The van der Waals surface area contributed by atoms with E-state index in [1.54, 1.807) is 16.8 Å². The summed E-state index contributed by atoms with van der Waals surface area (Å²) in [4.78, 5) is 4.34. The van der Waals surface area contributed by atoms with Crippen molar-refractivity contribution >= 4 is 11.8 Å². The fourth-order valence-corrected chi connectivity index (χ4v) is 3.34. The second kappa shape index (κ2) is 7.28. The van der Waals surface area contributed by atoms with Gasteiger partial charge in [-0.15, -0.1) is 5.10 Å². The van der Waals surface area contributed by atoms with Gasteiger partial charge in [-0.25, -0.2) is 4.39 Å². The highest BCUT2D eigenvalue weighted by Crippen LogP contribution is 2.25. The summed E-state index contributed by atoms with van der Waals surface area (Å²) in [7, 11) is 0. The number of tetrazole rings is 1. The van der Waals surface area contributed by atoms with Crippen molar-refractivity contribution < 1.29 is 8.91 Å². The number of aromatic nitrogens is 6. The summed E-state index contributed by atoms with van der Waals surface area (Å²) in [6.45, 7) is 4.06. The number of hydrogen-bond acceptors (Lipinski definition) is 7. The Labute approximate surface area is 158 Å². The Hall–Kier alpha value is -3.07. The molecule has 0 bridgehead atoms. The standard InChI is InChI=1S/C18H15FN6OS/c1-11-3-8-15(12(2)9-11)25-18(21-23-24-25)27-10-16-20-17(22-26-16)13-4-6-14(19)7-5-13/h3-9H,10H2,1-2H3. The first-order valence-corrected chi connectivity index (χ1v) is 9.16. The Bertz CT molecular complexity index is 1080. The first-order valence-electron chi connectivity index (χ1n) is 8.17. The number of nitrogens with zero attached hydrogens (tertiary/aromatic N) is 6. The van der Waals surface area contributed by atoms with Gasteiger partial charge in [-0.3, -0.25) is 0 Å². The molecule has 0 N–H and O–H groups in total. The first-order chi connectivity index (χ1) is 13.1. The summed E-state index contributed by atoms with van der Waals surface area (Å²) in [6, 6.07) is 12.0. The van der Waals surface area contributed by atoms with Gasteiger partial charge < -0.3 is 4.52 Å². The van der Waals surface area contributed by atoms with Crippen LogP contribution in [0.5, 0.6) is 0 Å². The van der Waals surface area contributed by atoms with Crippen molar-refractivity contribution in [2.45, 2.75) is 24.8 Å². The van der Waals surface area contributed by atoms with Crippen molar-refractivity contribution in [3.8, 4) is 17.1 Å². The quantitative estimate of drug-likeness (QED) is 0.486. The molecule has 0 amide bonds. The van der Waals surface area contributed by atoms with Crippen molar-refractivity contribution in [3.05, 3.63) is 65.3 Å². The molecule has 0 fully saturated rings. The average molecular weight is 382 g/mol. The molecular formula is C18H15FN6OS. The van der Waals surface area contributed by atoms with Gasteiger partial charge in [0.1, 0.15) is 5.82 Å². The predicted molar refractivity (Wildman–Crippen MR) is 97.9 cm³/mol. The molecule has 136 valence electrons. The highest BCUT2D eigenvalue weighted by Gasteiger charge is 2.14. The van der Waals surface area contributed by atoms with Crippen LogP contribution in [0.2, 0.25) is 0 Å². The van der Waals surface area contributed by atoms with Gasteiger partial charge in [-0.2, -0.15) is 9.67 Å². The van der Waals surface area contributed by atoms with E-state index in [1.165, 1.54) is 29.5 Å². The number of aryl methyl sites for hydroxylation is 2. The van der Waals surface area contributed by atoms with E-state index >= 15 is 0 Å². The zero-order valence-electron chi connectivity index (χ0n) is 14.6. The van der Waals surface area contributed by atoms with Gasteiger partial charge in [-0.1, -0.05) is 34.6 Å². The van der Waals surface area contributed by atoms with E-state index in [4.69, 9.17) is 4.52 Å². The van der Waals surface area contributed by atoms with E-state index < -0.39 is 0 Å². The summed E-state index contributed by atoms with van der Waals surface area (Å²) >= 11 is 1.40. The van der Waals surface area contributed by atoms with E-state index in [-0.39, 0.29) is 5.82 Å². The first kappa shape index (κ1) is 17.3. The Morgan fingerprint density at radius 1 is 1.11 bits per heavy atom. The van der Waals surface area contributed by atoms with Crippen LogP contribution in [0.4, 0.5) is 4.39 Å². The lowest BCUT2D eigenvalue weighted by molar-refractivity contribution is 0.391. The largest absolute Gasteiger partial charge is 0.338 e. The lowest BCUT2D eigenvalue weighted by Gasteiger charge is -2.07. The van der Waals surface area contributed by atoms with Crippen LogP contribution in [-0.2, 0) is 5.75 Å². The van der Waals surface area contributed by atoms with Gasteiger partial charge in [0.05, 0.1) is 11.4 Å². The lowest BCUT2D eigenvalue weighted by atomic mass is 10.1. The van der Waals surface area contributed by atoms with E-state index in [0.717, 1.165) is 11.3 Å². The molecule has 2 heterocycles. The molecule has 4 aromatic rings. The molecule has 0 aliphatic heterocycles. The van der Waals surface area contributed by atoms with Gasteiger partial charge in [-0.05, 0) is 60.2 Å². The van der Waals surface area contributed by atoms with Crippen LogP contribution in [0.1, 0.15) is 17.0 Å². The third-order valence-electron chi connectivity index (χ3n) is 3.92. The number of halogens is 1. The molecule has 9 heteroatoms. The molecule has 0 radical (unpaired) electrons. The van der Waals surface area contributed by atoms with Crippen LogP contribution in [0.3, 0.4) is 0 Å². The Morgan fingerprint density at radius 2 is 1.93 bits per heavy atom. The maximum Gasteiger partial charge on any atom is 0.237 e. The van der Waals surface area contributed by atoms with Gasteiger partial charge in [0.2, 0.25) is 16.9 Å². The normalized spacial score (nSPS) is 11.1. The third-order valence-corrected chi connectivity index (χ3v) is 4.82. The molecule has 0 saturated carbocycles. The SMILES string of the molecule is Cc1ccc(-n2nnnc2SCc2nc(-c3ccc(F)cc3)no2)c(C)c1. The molecule has 2 aromatic heterocycles. The topological polar surface area (TPSA) is 82.5 Å². The molecule has 0 aliphatic carbocycles. The minimum atomic E-state index is -0.309. The minimum absolute atomic E-state index is 0.309. The molecule has 0 spiro atoms. The van der Waals surface area contributed by atoms with Gasteiger partial charge in [0, 0.05) is 5.56 Å². The van der Waals surface area contributed by atoms with Crippen molar-refractivity contribution in [1.29, 1.82) is 0 Å². The van der Waals surface area contributed by atoms with Gasteiger partial charge >= 0.3 is 0 Å². The average Bonchev–Trinajstić information content (AvgIpc) is 3.30. The van der Waals surface area contributed by atoms with E-state index in [2.05, 4.69) is 31.7 Å².